The molecule has 0 unspecified atom stereocenters. The molecule has 0 aliphatic carbocycles. The van der Waals surface area contributed by atoms with Crippen LogP contribution in [0.2, 0.25) is 0 Å². The van der Waals surface area contributed by atoms with Crippen LogP contribution in [-0.2, 0) is 0 Å². The summed E-state index contributed by atoms with van der Waals surface area (Å²) in [6, 6.07) is 2.02. The van der Waals surface area contributed by atoms with E-state index in [-0.39, 0.29) is 0 Å². The zero-order valence-corrected chi connectivity index (χ0v) is 12.3. The molecule has 1 saturated heterocycles. The lowest BCUT2D eigenvalue weighted by atomic mass is 10.3. The second kappa shape index (κ2) is 5.21. The van der Waals surface area contributed by atoms with Gasteiger partial charge in [0, 0.05) is 37.9 Å². The van der Waals surface area contributed by atoms with Crippen molar-refractivity contribution in [2.24, 2.45) is 0 Å². The topological polar surface area (TPSA) is 75.3 Å². The van der Waals surface area contributed by atoms with Crippen molar-refractivity contribution in [2.75, 3.05) is 36.0 Å². The molecule has 0 aromatic carbocycles. The van der Waals surface area contributed by atoms with Crippen molar-refractivity contribution < 1.29 is 0 Å². The summed E-state index contributed by atoms with van der Waals surface area (Å²) >= 11 is 0. The van der Waals surface area contributed by atoms with E-state index in [9.17, 15) is 0 Å². The van der Waals surface area contributed by atoms with Crippen molar-refractivity contribution >= 4 is 17.3 Å². The second-order valence-electron chi connectivity index (χ2n) is 5.29. The Morgan fingerprint density at radius 1 is 0.909 bits per heavy atom. The Kier molecular flexibility index (Phi) is 3.06. The van der Waals surface area contributed by atoms with Crippen LogP contribution in [0.5, 0.6) is 0 Å². The van der Waals surface area contributed by atoms with E-state index in [1.165, 1.54) is 0 Å². The van der Waals surface area contributed by atoms with Crippen molar-refractivity contribution in [1.29, 1.82) is 0 Å². The molecule has 0 N–H and O–H groups in total. The number of piperazine rings is 1. The number of hydrogen-bond acceptors (Lipinski definition) is 7. The summed E-state index contributed by atoms with van der Waals surface area (Å²) in [7, 11) is 0. The van der Waals surface area contributed by atoms with Gasteiger partial charge < -0.3 is 9.80 Å². The van der Waals surface area contributed by atoms with E-state index >= 15 is 0 Å². The number of nitrogens with zero attached hydrogens (tertiary/aromatic N) is 8. The largest absolute Gasteiger partial charge is 0.353 e. The Bertz CT molecular complexity index is 790. The number of aromatic nitrogens is 6. The molecule has 0 amide bonds. The van der Waals surface area contributed by atoms with Crippen LogP contribution in [0.25, 0.3) is 5.65 Å². The standard InChI is InChI=1S/C14H16N8/c1-11-6-12(17-9-16-11)20-2-4-21(5-3-20)14-8-15-7-13-18-10-19-22(13)14/h6-10H,2-5H2,1H3. The molecule has 112 valence electrons. The highest BCUT2D eigenvalue weighted by atomic mass is 15.4. The third-order valence-electron chi connectivity index (χ3n) is 3.89. The van der Waals surface area contributed by atoms with Gasteiger partial charge in [-0.25, -0.2) is 15.0 Å². The maximum absolute atomic E-state index is 4.36. The van der Waals surface area contributed by atoms with Crippen molar-refractivity contribution in [3.05, 3.63) is 36.8 Å². The summed E-state index contributed by atoms with van der Waals surface area (Å²) in [6.45, 7) is 5.58. The zero-order valence-electron chi connectivity index (χ0n) is 12.3. The molecule has 8 nitrogen and oxygen atoms in total. The minimum absolute atomic E-state index is 0.770. The SMILES string of the molecule is Cc1cc(N2CCN(c3cncc4ncnn34)CC2)ncn1. The summed E-state index contributed by atoms with van der Waals surface area (Å²) < 4.78 is 1.83. The normalized spacial score (nSPS) is 15.5. The molecule has 0 bridgehead atoms. The lowest BCUT2D eigenvalue weighted by molar-refractivity contribution is 0.632. The first-order valence-corrected chi connectivity index (χ1v) is 7.23. The van der Waals surface area contributed by atoms with E-state index in [0.717, 1.165) is 49.2 Å². The average Bonchev–Trinajstić information content (AvgIpc) is 3.04. The van der Waals surface area contributed by atoms with Crippen molar-refractivity contribution in [2.45, 2.75) is 6.92 Å². The fourth-order valence-electron chi connectivity index (χ4n) is 2.73. The molecule has 0 atom stereocenters. The van der Waals surface area contributed by atoms with Gasteiger partial charge in [-0.15, -0.1) is 0 Å². The van der Waals surface area contributed by atoms with Crippen molar-refractivity contribution in [1.82, 2.24) is 29.5 Å². The van der Waals surface area contributed by atoms with Gasteiger partial charge in [-0.05, 0) is 6.92 Å². The summed E-state index contributed by atoms with van der Waals surface area (Å²) in [5.41, 5.74) is 1.76. The predicted octanol–water partition coefficient (Wildman–Crippen LogP) is 0.549. The first-order valence-electron chi connectivity index (χ1n) is 7.23. The van der Waals surface area contributed by atoms with Crippen LogP contribution in [0.1, 0.15) is 5.69 Å². The zero-order chi connectivity index (χ0) is 14.9. The second-order valence-corrected chi connectivity index (χ2v) is 5.29. The first-order chi connectivity index (χ1) is 10.8. The molecule has 4 heterocycles. The van der Waals surface area contributed by atoms with E-state index in [4.69, 9.17) is 0 Å². The fraction of sp³-hybridized carbons (Fsp3) is 0.357. The van der Waals surface area contributed by atoms with Gasteiger partial charge in [0.05, 0.1) is 12.4 Å². The molecule has 0 saturated carbocycles. The minimum atomic E-state index is 0.770. The number of anilines is 2. The Hall–Kier alpha value is -2.77. The monoisotopic (exact) mass is 296 g/mol. The quantitative estimate of drug-likeness (QED) is 0.683. The minimum Gasteiger partial charge on any atom is -0.353 e. The molecule has 4 rings (SSSR count). The number of rotatable bonds is 2. The van der Waals surface area contributed by atoms with Crippen LogP contribution in [0, 0.1) is 6.92 Å². The molecule has 22 heavy (non-hydrogen) atoms. The molecular weight excluding hydrogens is 280 g/mol. The van der Waals surface area contributed by atoms with Crippen LogP contribution >= 0.6 is 0 Å². The van der Waals surface area contributed by atoms with Crippen molar-refractivity contribution in [3.63, 3.8) is 0 Å². The van der Waals surface area contributed by atoms with E-state index in [0.29, 0.717) is 0 Å². The number of fused-ring (bicyclic) bond motifs is 1. The van der Waals surface area contributed by atoms with Crippen LogP contribution in [0.15, 0.2) is 31.1 Å². The van der Waals surface area contributed by atoms with E-state index in [2.05, 4.69) is 34.8 Å². The number of hydrogen-bond donors (Lipinski definition) is 0. The Morgan fingerprint density at radius 2 is 1.73 bits per heavy atom. The average molecular weight is 296 g/mol. The molecule has 1 fully saturated rings. The highest BCUT2D eigenvalue weighted by Gasteiger charge is 2.20. The maximum atomic E-state index is 4.36. The van der Waals surface area contributed by atoms with Gasteiger partial charge in [-0.2, -0.15) is 9.61 Å². The van der Waals surface area contributed by atoms with Gasteiger partial charge in [0.25, 0.3) is 0 Å². The highest BCUT2D eigenvalue weighted by Crippen LogP contribution is 2.18. The van der Waals surface area contributed by atoms with Gasteiger partial charge in [0.1, 0.15) is 18.5 Å². The van der Waals surface area contributed by atoms with Crippen LogP contribution < -0.4 is 9.80 Å². The smallest absolute Gasteiger partial charge is 0.175 e. The third kappa shape index (κ3) is 2.22. The maximum Gasteiger partial charge on any atom is 0.175 e. The predicted molar refractivity (Wildman–Crippen MR) is 82.0 cm³/mol. The Morgan fingerprint density at radius 3 is 2.55 bits per heavy atom. The van der Waals surface area contributed by atoms with Crippen LogP contribution in [-0.4, -0.2) is 55.7 Å². The van der Waals surface area contributed by atoms with Gasteiger partial charge >= 0.3 is 0 Å². The van der Waals surface area contributed by atoms with Gasteiger partial charge in [-0.1, -0.05) is 0 Å². The van der Waals surface area contributed by atoms with Gasteiger partial charge in [0.2, 0.25) is 0 Å². The van der Waals surface area contributed by atoms with Gasteiger partial charge in [-0.3, -0.25) is 4.98 Å². The third-order valence-corrected chi connectivity index (χ3v) is 3.89. The molecule has 8 heteroatoms. The lowest BCUT2D eigenvalue weighted by Gasteiger charge is -2.36. The Labute approximate surface area is 127 Å². The first kappa shape index (κ1) is 12.9. The highest BCUT2D eigenvalue weighted by molar-refractivity contribution is 5.49. The van der Waals surface area contributed by atoms with Crippen LogP contribution in [0.3, 0.4) is 0 Å². The Balaban J connectivity index is 1.53. The molecule has 0 radical (unpaired) electrons. The molecule has 1 aliphatic heterocycles. The van der Waals surface area contributed by atoms with E-state index in [1.54, 1.807) is 18.9 Å². The summed E-state index contributed by atoms with van der Waals surface area (Å²) in [6.07, 6.45) is 6.74. The van der Waals surface area contributed by atoms with E-state index < -0.39 is 0 Å². The number of aryl methyl sites for hydroxylation is 1. The molecule has 3 aromatic heterocycles. The summed E-state index contributed by atoms with van der Waals surface area (Å²) in [4.78, 5) is 21.5. The van der Waals surface area contributed by atoms with Gasteiger partial charge in [0.15, 0.2) is 11.5 Å². The molecule has 0 spiro atoms. The molecule has 3 aromatic rings. The summed E-state index contributed by atoms with van der Waals surface area (Å²) in [5.74, 6) is 1.97. The lowest BCUT2D eigenvalue weighted by Crippen LogP contribution is -2.47. The van der Waals surface area contributed by atoms with Crippen LogP contribution in [0.4, 0.5) is 11.6 Å². The molecule has 1 aliphatic rings. The molecular formula is C14H16N8. The van der Waals surface area contributed by atoms with Crippen molar-refractivity contribution in [3.8, 4) is 0 Å². The van der Waals surface area contributed by atoms with E-state index in [1.807, 2.05) is 23.7 Å². The summed E-state index contributed by atoms with van der Waals surface area (Å²) in [5, 5.41) is 4.27. The fourth-order valence-corrected chi connectivity index (χ4v) is 2.73.